The average molecular weight is 568 g/mol. The molecule has 41 heavy (non-hydrogen) atoms. The van der Waals surface area contributed by atoms with Crippen LogP contribution >= 0.6 is 0 Å². The molecular formula is C27H33BN4O9. The smallest absolute Gasteiger partial charge is 0.497 e. The zero-order valence-corrected chi connectivity index (χ0v) is 23.0. The fraction of sp³-hybridized carbons (Fsp3) is 0.407. The number of carbonyl (C=O) groups excluding carboxylic acids is 4. The number of aliphatic hydroxyl groups is 1. The van der Waals surface area contributed by atoms with Gasteiger partial charge in [0.25, 0.3) is 5.91 Å². The molecule has 0 saturated carbocycles. The van der Waals surface area contributed by atoms with Crippen LogP contribution in [0, 0.1) is 5.92 Å². The van der Waals surface area contributed by atoms with Gasteiger partial charge in [-0.05, 0) is 31.4 Å². The van der Waals surface area contributed by atoms with E-state index in [1.165, 1.54) is 13.0 Å². The molecule has 14 heteroatoms. The molecule has 0 spiro atoms. The van der Waals surface area contributed by atoms with Gasteiger partial charge in [0.05, 0.1) is 37.4 Å². The third-order valence-corrected chi connectivity index (χ3v) is 6.04. The van der Waals surface area contributed by atoms with Crippen molar-refractivity contribution in [3.8, 4) is 11.3 Å². The number of rotatable bonds is 11. The van der Waals surface area contributed by atoms with E-state index in [9.17, 15) is 29.1 Å². The highest BCUT2D eigenvalue weighted by Crippen LogP contribution is 2.17. The lowest BCUT2D eigenvalue weighted by Crippen LogP contribution is -2.60. The quantitative estimate of drug-likeness (QED) is 0.273. The van der Waals surface area contributed by atoms with Crippen LogP contribution in [0.2, 0.25) is 0 Å². The summed E-state index contributed by atoms with van der Waals surface area (Å²) in [6.45, 7) is 3.48. The van der Waals surface area contributed by atoms with Crippen LogP contribution in [0.15, 0.2) is 48.5 Å². The largest absolute Gasteiger partial charge is 0.622 e. The molecule has 1 aliphatic heterocycles. The van der Waals surface area contributed by atoms with Gasteiger partial charge in [-0.2, -0.15) is 0 Å². The van der Waals surface area contributed by atoms with Crippen molar-refractivity contribution in [1.29, 1.82) is 0 Å². The minimum Gasteiger partial charge on any atom is -0.497 e. The second-order valence-corrected chi connectivity index (χ2v) is 10.1. The molecule has 13 nitrogen and oxygen atoms in total. The molecule has 218 valence electrons. The first-order valence-electron chi connectivity index (χ1n) is 13.1. The summed E-state index contributed by atoms with van der Waals surface area (Å²) < 4.78 is 10.6. The van der Waals surface area contributed by atoms with E-state index < -0.39 is 74.6 Å². The number of nitrogens with zero attached hydrogens (tertiary/aromatic N) is 2. The van der Waals surface area contributed by atoms with Crippen LogP contribution < -0.4 is 10.6 Å². The van der Waals surface area contributed by atoms with Gasteiger partial charge in [-0.1, -0.05) is 50.2 Å². The van der Waals surface area contributed by atoms with Gasteiger partial charge in [0.15, 0.2) is 0 Å². The van der Waals surface area contributed by atoms with Crippen molar-refractivity contribution in [2.75, 3.05) is 19.6 Å². The lowest BCUT2D eigenvalue weighted by molar-refractivity contribution is -0.149. The van der Waals surface area contributed by atoms with E-state index in [2.05, 4.69) is 15.6 Å². The highest BCUT2D eigenvalue weighted by molar-refractivity contribution is 6.51. The second-order valence-electron chi connectivity index (χ2n) is 10.1. The van der Waals surface area contributed by atoms with Crippen LogP contribution in [0.1, 0.15) is 37.7 Å². The predicted molar refractivity (Wildman–Crippen MR) is 146 cm³/mol. The molecule has 0 radical (unpaired) electrons. The number of pyridine rings is 1. The van der Waals surface area contributed by atoms with Crippen molar-refractivity contribution in [2.24, 2.45) is 5.92 Å². The number of amides is 2. The number of aromatic nitrogens is 1. The van der Waals surface area contributed by atoms with Crippen molar-refractivity contribution in [1.82, 2.24) is 20.5 Å². The van der Waals surface area contributed by atoms with Crippen molar-refractivity contribution in [3.63, 3.8) is 0 Å². The normalized spacial score (nSPS) is 16.5. The maximum absolute atomic E-state index is 13.3. The lowest BCUT2D eigenvalue weighted by Gasteiger charge is -2.30. The number of carboxylic acid groups (broad SMARTS) is 1. The summed E-state index contributed by atoms with van der Waals surface area (Å²) in [5.74, 6) is -5.53. The van der Waals surface area contributed by atoms with Crippen molar-refractivity contribution >= 4 is 36.8 Å². The predicted octanol–water partition coefficient (Wildman–Crippen LogP) is 0.273. The number of aliphatic hydroxyl groups excluding tert-OH is 1. The second kappa shape index (κ2) is 14.4. The molecular weight excluding hydrogens is 535 g/mol. The standard InChI is InChI=1S/C27H33BN4O9/c1-16(2)12-21(28-40-23(36)14-32(13-22(34)35)15-24(37)41-28)30-27(39)25(17(3)33)31-26(38)20-11-7-10-19(29-20)18-8-5-4-6-9-18/h4-11,16-17,21,25,33H,12-15H2,1-3H3,(H,30,39)(H,31,38)(H,34,35)/t17-,21-,25-/m0/s1. The topological polar surface area (TPSA) is 184 Å². The molecule has 0 unspecified atom stereocenters. The SMILES string of the molecule is CC(C)C[C@H](NC(=O)[C@@H](NC(=O)c1cccc(-c2ccccc2)n1)[C@H](C)O)B1OC(=O)CN(CC(=O)O)CC(=O)O1. The zero-order valence-electron chi connectivity index (χ0n) is 23.0. The molecule has 3 rings (SSSR count). The molecule has 3 atom stereocenters. The van der Waals surface area contributed by atoms with Gasteiger partial charge in [-0.3, -0.25) is 28.9 Å². The Morgan fingerprint density at radius 1 is 0.976 bits per heavy atom. The fourth-order valence-corrected chi connectivity index (χ4v) is 4.22. The Kier molecular flexibility index (Phi) is 10.9. The third-order valence-electron chi connectivity index (χ3n) is 6.04. The summed E-state index contributed by atoms with van der Waals surface area (Å²) in [4.78, 5) is 67.6. The van der Waals surface area contributed by atoms with E-state index in [0.717, 1.165) is 10.5 Å². The van der Waals surface area contributed by atoms with Gasteiger partial charge in [0.1, 0.15) is 11.7 Å². The first kappa shape index (κ1) is 31.2. The van der Waals surface area contributed by atoms with Crippen molar-refractivity contribution in [2.45, 2.75) is 45.3 Å². The first-order chi connectivity index (χ1) is 19.4. The van der Waals surface area contributed by atoms with Gasteiger partial charge >= 0.3 is 25.0 Å². The van der Waals surface area contributed by atoms with E-state index in [1.54, 1.807) is 12.1 Å². The summed E-state index contributed by atoms with van der Waals surface area (Å²) in [6, 6.07) is 12.6. The summed E-state index contributed by atoms with van der Waals surface area (Å²) in [5, 5.41) is 24.5. The highest BCUT2D eigenvalue weighted by Gasteiger charge is 2.42. The monoisotopic (exact) mass is 568 g/mol. The molecule has 1 fully saturated rings. The minimum absolute atomic E-state index is 0.0253. The van der Waals surface area contributed by atoms with Crippen LogP contribution in [0.4, 0.5) is 0 Å². The molecule has 0 bridgehead atoms. The molecule has 2 aromatic rings. The maximum atomic E-state index is 13.3. The van der Waals surface area contributed by atoms with E-state index in [1.807, 2.05) is 44.2 Å². The van der Waals surface area contributed by atoms with Crippen LogP contribution in [0.25, 0.3) is 11.3 Å². The minimum atomic E-state index is -1.51. The van der Waals surface area contributed by atoms with Gasteiger partial charge in [-0.25, -0.2) is 4.98 Å². The van der Waals surface area contributed by atoms with E-state index >= 15 is 0 Å². The summed E-state index contributed by atoms with van der Waals surface area (Å²) >= 11 is 0. The number of carboxylic acids is 1. The maximum Gasteiger partial charge on any atom is 0.622 e. The molecule has 1 aliphatic rings. The van der Waals surface area contributed by atoms with Crippen LogP contribution in [-0.2, 0) is 28.5 Å². The highest BCUT2D eigenvalue weighted by atomic mass is 16.6. The zero-order chi connectivity index (χ0) is 30.1. The van der Waals surface area contributed by atoms with E-state index in [0.29, 0.717) is 5.69 Å². The molecule has 4 N–H and O–H groups in total. The summed E-state index contributed by atoms with van der Waals surface area (Å²) in [5.41, 5.74) is 1.36. The Hall–Kier alpha value is -4.30. The van der Waals surface area contributed by atoms with Crippen molar-refractivity contribution < 1.29 is 43.5 Å². The van der Waals surface area contributed by atoms with Gasteiger partial charge in [0.2, 0.25) is 5.91 Å². The van der Waals surface area contributed by atoms with Crippen LogP contribution in [-0.4, -0.2) is 94.7 Å². The third kappa shape index (κ3) is 9.40. The molecule has 1 saturated heterocycles. The average Bonchev–Trinajstić information content (AvgIpc) is 2.89. The molecule has 0 aliphatic carbocycles. The van der Waals surface area contributed by atoms with E-state index in [4.69, 9.17) is 14.4 Å². The Bertz CT molecular complexity index is 1240. The van der Waals surface area contributed by atoms with E-state index in [-0.39, 0.29) is 18.0 Å². The van der Waals surface area contributed by atoms with Gasteiger partial charge in [0, 0.05) is 5.56 Å². The molecule has 2 heterocycles. The summed E-state index contributed by atoms with van der Waals surface area (Å²) in [6.07, 6.45) is -1.13. The summed E-state index contributed by atoms with van der Waals surface area (Å²) in [7, 11) is -1.51. The van der Waals surface area contributed by atoms with Crippen LogP contribution in [0.5, 0.6) is 0 Å². The Morgan fingerprint density at radius 3 is 2.17 bits per heavy atom. The number of aliphatic carboxylic acids is 1. The Labute approximate surface area is 237 Å². The lowest BCUT2D eigenvalue weighted by atomic mass is 9.73. The molecule has 1 aromatic carbocycles. The van der Waals surface area contributed by atoms with Gasteiger partial charge < -0.3 is 30.2 Å². The number of hydrogen-bond donors (Lipinski definition) is 4. The number of benzene rings is 1. The van der Waals surface area contributed by atoms with Crippen LogP contribution in [0.3, 0.4) is 0 Å². The first-order valence-corrected chi connectivity index (χ1v) is 13.1. The molecule has 2 amide bonds. The van der Waals surface area contributed by atoms with Crippen molar-refractivity contribution in [3.05, 3.63) is 54.2 Å². The number of nitrogens with one attached hydrogen (secondary N) is 2. The van der Waals surface area contributed by atoms with Gasteiger partial charge in [-0.15, -0.1) is 0 Å². The Morgan fingerprint density at radius 2 is 1.61 bits per heavy atom. The Balaban J connectivity index is 1.75. The fourth-order valence-electron chi connectivity index (χ4n) is 4.22. The number of carbonyl (C=O) groups is 5. The molecule has 1 aromatic heterocycles. The number of hydrogen-bond acceptors (Lipinski definition) is 10.